The summed E-state index contributed by atoms with van der Waals surface area (Å²) in [5.41, 5.74) is 4.21. The summed E-state index contributed by atoms with van der Waals surface area (Å²) in [5, 5.41) is 16.4. The molecule has 0 spiro atoms. The van der Waals surface area contributed by atoms with Crippen molar-refractivity contribution in [3.05, 3.63) is 102 Å². The number of aryl methyl sites for hydroxylation is 1. The first kappa shape index (κ1) is 19.8. The van der Waals surface area contributed by atoms with Crippen LogP contribution in [-0.2, 0) is 0 Å². The number of nitrogens with zero attached hydrogens (tertiary/aromatic N) is 3. The number of pyridine rings is 1. The molecule has 6 nitrogen and oxygen atoms in total. The Labute approximate surface area is 179 Å². The van der Waals surface area contributed by atoms with E-state index in [1.54, 1.807) is 43.5 Å². The summed E-state index contributed by atoms with van der Waals surface area (Å²) in [6, 6.07) is 24.2. The molecule has 0 saturated carbocycles. The average molecular weight is 406 g/mol. The van der Waals surface area contributed by atoms with Crippen LogP contribution in [0.15, 0.2) is 83.5 Å². The molecule has 0 aliphatic carbocycles. The van der Waals surface area contributed by atoms with Crippen LogP contribution in [0.3, 0.4) is 0 Å². The summed E-state index contributed by atoms with van der Waals surface area (Å²) in [4.78, 5) is 17.1. The van der Waals surface area contributed by atoms with Gasteiger partial charge in [-0.05, 0) is 42.8 Å². The quantitative estimate of drug-likeness (QED) is 0.450. The van der Waals surface area contributed by atoms with E-state index >= 15 is 0 Å². The molecular weight excluding hydrogens is 388 g/mol. The van der Waals surface area contributed by atoms with E-state index in [2.05, 4.69) is 21.5 Å². The summed E-state index contributed by atoms with van der Waals surface area (Å²) < 4.78 is 5.27. The maximum absolute atomic E-state index is 12.9. The Bertz CT molecular complexity index is 1270. The predicted molar refractivity (Wildman–Crippen MR) is 119 cm³/mol. The van der Waals surface area contributed by atoms with Crippen molar-refractivity contribution < 1.29 is 9.32 Å². The van der Waals surface area contributed by atoms with E-state index in [1.165, 1.54) is 0 Å². The fraction of sp³-hybridized carbons (Fsp3) is 0.0400. The monoisotopic (exact) mass is 406 g/mol. The highest BCUT2D eigenvalue weighted by molar-refractivity contribution is 6.08. The van der Waals surface area contributed by atoms with E-state index in [0.29, 0.717) is 34.0 Å². The van der Waals surface area contributed by atoms with E-state index < -0.39 is 0 Å². The number of carbonyl (C=O) groups is 1. The molecule has 0 bridgehead atoms. The Morgan fingerprint density at radius 3 is 2.45 bits per heavy atom. The Kier molecular flexibility index (Phi) is 5.68. The van der Waals surface area contributed by atoms with E-state index in [1.807, 2.05) is 48.5 Å². The van der Waals surface area contributed by atoms with Crippen molar-refractivity contribution in [1.82, 2.24) is 10.1 Å². The normalized spacial score (nSPS) is 11.0. The standard InChI is InChI=1S/C25H18N4O2/c1-17-23(24(29-31-17)19-7-3-2-4-8-19)25(30)28-21-12-10-18(11-13-21)20(16-26)15-22-9-5-6-14-27-22/h2-15H,1H3,(H,28,30)/b20-15+. The molecule has 0 aliphatic heterocycles. The molecule has 0 radical (unpaired) electrons. The highest BCUT2D eigenvalue weighted by atomic mass is 16.5. The molecule has 2 aromatic heterocycles. The van der Waals surface area contributed by atoms with Crippen LogP contribution in [0.1, 0.15) is 27.4 Å². The van der Waals surface area contributed by atoms with Crippen LogP contribution >= 0.6 is 0 Å². The molecule has 1 N–H and O–H groups in total. The first-order valence-electron chi connectivity index (χ1n) is 9.62. The molecule has 0 atom stereocenters. The topological polar surface area (TPSA) is 91.8 Å². The van der Waals surface area contributed by atoms with Crippen molar-refractivity contribution in [2.45, 2.75) is 6.92 Å². The summed E-state index contributed by atoms with van der Waals surface area (Å²) >= 11 is 0. The minimum atomic E-state index is -0.310. The second-order valence-electron chi connectivity index (χ2n) is 6.78. The van der Waals surface area contributed by atoms with Crippen LogP contribution in [0.4, 0.5) is 5.69 Å². The van der Waals surface area contributed by atoms with E-state index in [4.69, 9.17) is 4.52 Å². The second-order valence-corrected chi connectivity index (χ2v) is 6.78. The van der Waals surface area contributed by atoms with E-state index in [0.717, 1.165) is 11.1 Å². The molecule has 6 heteroatoms. The van der Waals surface area contributed by atoms with Gasteiger partial charge in [-0.15, -0.1) is 0 Å². The molecule has 2 heterocycles. The minimum absolute atomic E-state index is 0.310. The Morgan fingerprint density at radius 2 is 1.77 bits per heavy atom. The van der Waals surface area contributed by atoms with Gasteiger partial charge in [0.1, 0.15) is 17.0 Å². The Hall–Kier alpha value is -4.50. The third kappa shape index (κ3) is 4.41. The van der Waals surface area contributed by atoms with Crippen LogP contribution in [0.5, 0.6) is 0 Å². The van der Waals surface area contributed by atoms with Gasteiger partial charge in [0, 0.05) is 17.4 Å². The van der Waals surface area contributed by atoms with Crippen molar-refractivity contribution in [2.75, 3.05) is 5.32 Å². The van der Waals surface area contributed by atoms with Gasteiger partial charge in [-0.25, -0.2) is 0 Å². The summed E-state index contributed by atoms with van der Waals surface area (Å²) in [6.45, 7) is 1.71. The number of benzene rings is 2. The molecule has 0 aliphatic rings. The smallest absolute Gasteiger partial charge is 0.261 e. The number of anilines is 1. The van der Waals surface area contributed by atoms with Gasteiger partial charge in [0.25, 0.3) is 5.91 Å². The lowest BCUT2D eigenvalue weighted by atomic mass is 10.0. The number of aromatic nitrogens is 2. The van der Waals surface area contributed by atoms with Crippen molar-refractivity contribution in [3.63, 3.8) is 0 Å². The van der Waals surface area contributed by atoms with Crippen LogP contribution in [-0.4, -0.2) is 16.0 Å². The molecule has 150 valence electrons. The Morgan fingerprint density at radius 1 is 1.03 bits per heavy atom. The van der Waals surface area contributed by atoms with Gasteiger partial charge in [0.15, 0.2) is 0 Å². The summed E-state index contributed by atoms with van der Waals surface area (Å²) in [6.07, 6.45) is 3.40. The van der Waals surface area contributed by atoms with Crippen LogP contribution in [0.2, 0.25) is 0 Å². The van der Waals surface area contributed by atoms with Gasteiger partial charge in [-0.3, -0.25) is 9.78 Å². The Balaban J connectivity index is 1.55. The summed E-state index contributed by atoms with van der Waals surface area (Å²) in [5.74, 6) is 0.132. The number of carbonyl (C=O) groups excluding carboxylic acids is 1. The van der Waals surface area contributed by atoms with Gasteiger partial charge in [-0.1, -0.05) is 53.7 Å². The number of hydrogen-bond acceptors (Lipinski definition) is 5. The molecule has 1 amide bonds. The lowest BCUT2D eigenvalue weighted by molar-refractivity contribution is 0.102. The van der Waals surface area contributed by atoms with E-state index in [9.17, 15) is 10.1 Å². The van der Waals surface area contributed by atoms with Gasteiger partial charge in [0.2, 0.25) is 0 Å². The predicted octanol–water partition coefficient (Wildman–Crippen LogP) is 5.36. The first-order valence-corrected chi connectivity index (χ1v) is 9.62. The van der Waals surface area contributed by atoms with Crippen LogP contribution < -0.4 is 5.32 Å². The van der Waals surface area contributed by atoms with E-state index in [-0.39, 0.29) is 5.91 Å². The zero-order valence-electron chi connectivity index (χ0n) is 16.7. The van der Waals surface area contributed by atoms with Crippen molar-refractivity contribution in [3.8, 4) is 17.3 Å². The number of rotatable bonds is 5. The molecule has 4 aromatic rings. The van der Waals surface area contributed by atoms with Crippen LogP contribution in [0.25, 0.3) is 22.9 Å². The van der Waals surface area contributed by atoms with Crippen molar-refractivity contribution in [2.24, 2.45) is 0 Å². The van der Waals surface area contributed by atoms with Crippen molar-refractivity contribution in [1.29, 1.82) is 5.26 Å². The molecule has 4 rings (SSSR count). The second kappa shape index (κ2) is 8.89. The van der Waals surface area contributed by atoms with Gasteiger partial charge >= 0.3 is 0 Å². The van der Waals surface area contributed by atoms with Crippen molar-refractivity contribution >= 4 is 23.2 Å². The maximum Gasteiger partial charge on any atom is 0.261 e. The lowest BCUT2D eigenvalue weighted by Crippen LogP contribution is -2.13. The zero-order chi connectivity index (χ0) is 21.6. The molecule has 0 fully saturated rings. The van der Waals surface area contributed by atoms with Gasteiger partial charge < -0.3 is 9.84 Å². The molecule has 0 saturated heterocycles. The summed E-state index contributed by atoms with van der Waals surface area (Å²) in [7, 11) is 0. The highest BCUT2D eigenvalue weighted by Gasteiger charge is 2.21. The molecule has 31 heavy (non-hydrogen) atoms. The SMILES string of the molecule is Cc1onc(-c2ccccc2)c1C(=O)Nc1ccc(/C(C#N)=C/c2ccccn2)cc1. The number of nitrogens with one attached hydrogen (secondary N) is 1. The number of allylic oxidation sites excluding steroid dienone is 1. The molecule has 0 unspecified atom stereocenters. The number of amides is 1. The minimum Gasteiger partial charge on any atom is -0.360 e. The fourth-order valence-corrected chi connectivity index (χ4v) is 3.15. The maximum atomic E-state index is 12.9. The van der Waals surface area contributed by atoms with Gasteiger partial charge in [-0.2, -0.15) is 5.26 Å². The third-order valence-corrected chi connectivity index (χ3v) is 4.69. The number of nitriles is 1. The van der Waals surface area contributed by atoms with Gasteiger partial charge in [0.05, 0.1) is 17.3 Å². The zero-order valence-corrected chi connectivity index (χ0v) is 16.7. The van der Waals surface area contributed by atoms with Crippen LogP contribution in [0, 0.1) is 18.3 Å². The largest absolute Gasteiger partial charge is 0.360 e. The lowest BCUT2D eigenvalue weighted by Gasteiger charge is -2.07. The first-order chi connectivity index (χ1) is 15.2. The number of hydrogen-bond donors (Lipinski definition) is 1. The molecular formula is C25H18N4O2. The fourth-order valence-electron chi connectivity index (χ4n) is 3.15. The third-order valence-electron chi connectivity index (χ3n) is 4.69. The molecule has 2 aromatic carbocycles. The average Bonchev–Trinajstić information content (AvgIpc) is 3.21. The highest BCUT2D eigenvalue weighted by Crippen LogP contribution is 2.26.